The minimum absolute atomic E-state index is 0.125. The van der Waals surface area contributed by atoms with E-state index in [1.54, 1.807) is 22.2 Å². The Morgan fingerprint density at radius 3 is 1.70 bits per heavy atom. The number of hydrogen-bond acceptors (Lipinski definition) is 10. The van der Waals surface area contributed by atoms with Crippen LogP contribution in [-0.2, 0) is 25.7 Å². The highest BCUT2D eigenvalue weighted by atomic mass is 16.5. The number of alkyl carbamates (subject to hydrolysis) is 2. The fourth-order valence-corrected chi connectivity index (χ4v) is 7.80. The summed E-state index contributed by atoms with van der Waals surface area (Å²) in [6.45, 7) is 8.96. The zero-order valence-electron chi connectivity index (χ0n) is 33.1. The Morgan fingerprint density at radius 2 is 1.21 bits per heavy atom. The second kappa shape index (κ2) is 16.6. The van der Waals surface area contributed by atoms with Gasteiger partial charge >= 0.3 is 12.2 Å². The van der Waals surface area contributed by atoms with Gasteiger partial charge in [0.1, 0.15) is 36.1 Å². The number of carbonyl (C=O) groups is 4. The maximum atomic E-state index is 13.6. The van der Waals surface area contributed by atoms with Crippen LogP contribution in [0.2, 0.25) is 0 Å². The molecule has 3 aliphatic heterocycles. The first kappa shape index (κ1) is 39.2. The van der Waals surface area contributed by atoms with Crippen molar-refractivity contribution in [2.24, 2.45) is 11.8 Å². The van der Waals surface area contributed by atoms with E-state index < -0.39 is 24.3 Å². The van der Waals surface area contributed by atoms with Crippen molar-refractivity contribution in [1.82, 2.24) is 40.4 Å². The largest absolute Gasteiger partial charge is 0.485 e. The third-order valence-electron chi connectivity index (χ3n) is 10.9. The summed E-state index contributed by atoms with van der Waals surface area (Å²) in [5, 5.41) is 5.38. The van der Waals surface area contributed by atoms with Crippen molar-refractivity contribution in [3.8, 4) is 39.8 Å². The van der Waals surface area contributed by atoms with E-state index in [4.69, 9.17) is 18.9 Å². The molecule has 0 radical (unpaired) electrons. The van der Waals surface area contributed by atoms with E-state index in [0.29, 0.717) is 42.0 Å². The van der Waals surface area contributed by atoms with Crippen LogP contribution in [-0.4, -0.2) is 93.1 Å². The smallest absolute Gasteiger partial charge is 0.407 e. The lowest BCUT2D eigenvalue weighted by molar-refractivity contribution is -0.136. The third-order valence-corrected chi connectivity index (χ3v) is 10.9. The van der Waals surface area contributed by atoms with Crippen molar-refractivity contribution in [3.63, 3.8) is 0 Å². The summed E-state index contributed by atoms with van der Waals surface area (Å²) in [5.74, 6) is 2.60. The molecule has 0 saturated carbocycles. The second-order valence-electron chi connectivity index (χ2n) is 15.3. The van der Waals surface area contributed by atoms with Crippen molar-refractivity contribution >= 4 is 24.0 Å². The van der Waals surface area contributed by atoms with E-state index in [1.165, 1.54) is 14.2 Å². The number of carbonyl (C=O) groups excluding carboxylic acids is 4. The van der Waals surface area contributed by atoms with Crippen LogP contribution in [0.3, 0.4) is 0 Å². The molecule has 302 valence electrons. The molecule has 16 nitrogen and oxygen atoms in total. The topological polar surface area (TPSA) is 193 Å². The number of imidazole rings is 2. The predicted octanol–water partition coefficient (Wildman–Crippen LogP) is 6.24. The molecule has 2 aromatic carbocycles. The summed E-state index contributed by atoms with van der Waals surface area (Å²) in [4.78, 5) is 71.0. The van der Waals surface area contributed by atoms with Crippen LogP contribution in [0.15, 0.2) is 48.8 Å². The molecule has 2 saturated heterocycles. The van der Waals surface area contributed by atoms with Gasteiger partial charge in [0.25, 0.3) is 0 Å². The van der Waals surface area contributed by atoms with Crippen molar-refractivity contribution in [2.45, 2.75) is 84.2 Å². The maximum Gasteiger partial charge on any atom is 0.407 e. The van der Waals surface area contributed by atoms with Gasteiger partial charge in [-0.05, 0) is 73.9 Å². The molecule has 5 heterocycles. The van der Waals surface area contributed by atoms with Crippen LogP contribution in [0.5, 0.6) is 17.2 Å². The standard InChI is InChI=1S/C41H50N8O8/c1-22(2)34(46-40(52)54-5)38(50)48-15-7-9-29(48)36-42-19-27(44-36)24-11-13-31-26(17-24)21-56-33-18-25(12-14-32(33)57-31)28-20-43-37(45-28)30-10-8-16-49(30)39(51)35(23(3)4)47-41(53)55-6/h11-14,17-20,22-23,29-30,34-35H,7-10,15-16,21H2,1-6H3,(H,42,44)(H,43,45)(H,46,52)(H,47,53)/t29-,30-,34-,35-/m0/s1. The number of rotatable bonds is 10. The lowest BCUT2D eigenvalue weighted by Crippen LogP contribution is -2.51. The number of aromatic amines is 2. The Kier molecular flexibility index (Phi) is 11.4. The average Bonchev–Trinajstić information content (AvgIpc) is 4.04. The summed E-state index contributed by atoms with van der Waals surface area (Å²) in [7, 11) is 2.56. The van der Waals surface area contributed by atoms with E-state index >= 15 is 0 Å². The van der Waals surface area contributed by atoms with Gasteiger partial charge < -0.3 is 49.3 Å². The van der Waals surface area contributed by atoms with Crippen LogP contribution in [0, 0.1) is 11.8 Å². The Morgan fingerprint density at radius 1 is 0.719 bits per heavy atom. The van der Waals surface area contributed by atoms with Gasteiger partial charge in [-0.2, -0.15) is 0 Å². The Balaban J connectivity index is 1.03. The summed E-state index contributed by atoms with van der Waals surface area (Å²) in [6.07, 6.45) is 5.38. The van der Waals surface area contributed by atoms with Crippen LogP contribution in [0.1, 0.15) is 82.7 Å². The van der Waals surface area contributed by atoms with Gasteiger partial charge in [-0.1, -0.05) is 27.7 Å². The van der Waals surface area contributed by atoms with E-state index in [-0.39, 0.29) is 42.3 Å². The van der Waals surface area contributed by atoms with Gasteiger partial charge in [-0.3, -0.25) is 9.59 Å². The van der Waals surface area contributed by atoms with Crippen LogP contribution in [0.25, 0.3) is 22.5 Å². The molecule has 0 spiro atoms. The number of nitrogens with zero attached hydrogens (tertiary/aromatic N) is 4. The van der Waals surface area contributed by atoms with E-state index in [9.17, 15) is 19.2 Å². The van der Waals surface area contributed by atoms with Crippen LogP contribution < -0.4 is 20.1 Å². The number of likely N-dealkylation sites (tertiary alicyclic amines) is 2. The Hall–Kier alpha value is -6.06. The zero-order chi connectivity index (χ0) is 40.4. The van der Waals surface area contributed by atoms with Crippen LogP contribution in [0.4, 0.5) is 9.59 Å². The number of benzene rings is 2. The van der Waals surface area contributed by atoms with Gasteiger partial charge in [-0.25, -0.2) is 19.6 Å². The molecule has 3 aliphatic rings. The normalized spacial score (nSPS) is 18.5. The molecule has 16 heteroatoms. The number of hydrogen-bond donors (Lipinski definition) is 4. The summed E-state index contributed by atoms with van der Waals surface area (Å²) < 4.78 is 22.2. The average molecular weight is 783 g/mol. The number of methoxy groups -OCH3 is 2. The molecule has 4 amide bonds. The number of amides is 4. The molecule has 4 N–H and O–H groups in total. The third kappa shape index (κ3) is 8.11. The van der Waals surface area contributed by atoms with E-state index in [1.807, 2.05) is 64.1 Å². The molecule has 0 bridgehead atoms. The number of fused-ring (bicyclic) bond motifs is 2. The summed E-state index contributed by atoms with van der Waals surface area (Å²) >= 11 is 0. The first-order chi connectivity index (χ1) is 27.4. The number of nitrogens with one attached hydrogen (secondary N) is 4. The summed E-state index contributed by atoms with van der Waals surface area (Å²) in [6, 6.07) is 9.66. The minimum Gasteiger partial charge on any atom is -0.485 e. The molecular formula is C41H50N8O8. The van der Waals surface area contributed by atoms with Crippen LogP contribution >= 0.6 is 0 Å². The molecular weight excluding hydrogens is 732 g/mol. The molecule has 4 aromatic rings. The van der Waals surface area contributed by atoms with Gasteiger partial charge in [0, 0.05) is 29.8 Å². The minimum atomic E-state index is -0.714. The van der Waals surface area contributed by atoms with E-state index in [0.717, 1.165) is 53.8 Å². The number of aromatic nitrogens is 4. The van der Waals surface area contributed by atoms with Crippen molar-refractivity contribution in [2.75, 3.05) is 27.3 Å². The lowest BCUT2D eigenvalue weighted by atomic mass is 10.0. The summed E-state index contributed by atoms with van der Waals surface area (Å²) in [5.41, 5.74) is 4.14. The molecule has 7 rings (SSSR count). The highest BCUT2D eigenvalue weighted by molar-refractivity contribution is 5.87. The van der Waals surface area contributed by atoms with Gasteiger partial charge in [-0.15, -0.1) is 0 Å². The maximum absolute atomic E-state index is 13.6. The van der Waals surface area contributed by atoms with E-state index in [2.05, 4.69) is 30.6 Å². The number of ether oxygens (including phenoxy) is 4. The first-order valence-corrected chi connectivity index (χ1v) is 19.4. The van der Waals surface area contributed by atoms with Crippen molar-refractivity contribution in [3.05, 3.63) is 66.0 Å². The van der Waals surface area contributed by atoms with Crippen molar-refractivity contribution in [1.29, 1.82) is 0 Å². The highest BCUT2D eigenvalue weighted by Crippen LogP contribution is 2.42. The van der Waals surface area contributed by atoms with Gasteiger partial charge in [0.15, 0.2) is 11.5 Å². The number of H-pyrrole nitrogens is 2. The highest BCUT2D eigenvalue weighted by Gasteiger charge is 2.39. The van der Waals surface area contributed by atoms with Crippen molar-refractivity contribution < 1.29 is 38.1 Å². The fraction of sp³-hybridized carbons (Fsp3) is 0.463. The molecule has 2 aromatic heterocycles. The molecule has 2 fully saturated rings. The van der Waals surface area contributed by atoms with Gasteiger partial charge in [0.05, 0.1) is 50.1 Å². The molecule has 4 atom stereocenters. The molecule has 57 heavy (non-hydrogen) atoms. The zero-order valence-corrected chi connectivity index (χ0v) is 33.1. The lowest BCUT2D eigenvalue weighted by Gasteiger charge is -2.30. The Bertz CT molecular complexity index is 1980. The first-order valence-electron chi connectivity index (χ1n) is 19.4. The molecule has 0 aliphatic carbocycles. The monoisotopic (exact) mass is 782 g/mol. The van der Waals surface area contributed by atoms with Gasteiger partial charge in [0.2, 0.25) is 11.8 Å². The predicted molar refractivity (Wildman–Crippen MR) is 208 cm³/mol. The SMILES string of the molecule is COC(=O)N[C@H](C(=O)N1CCC[C@H]1c1ncc(-c2ccc3c(c2)COc2cc(-c4cnc([C@@H]5CCCN5C(=O)[C@@H](NC(=O)OC)C(C)C)[nH]4)ccc2O3)[nH]1)C(C)C. The second-order valence-corrected chi connectivity index (χ2v) is 15.3. The molecule has 0 unspecified atom stereocenters. The Labute approximate surface area is 331 Å². The quantitative estimate of drug-likeness (QED) is 0.143. The fourth-order valence-electron chi connectivity index (χ4n) is 7.80.